The summed E-state index contributed by atoms with van der Waals surface area (Å²) < 4.78 is 25.0. The molecule has 10 heteroatoms. The fourth-order valence-electron chi connectivity index (χ4n) is 2.21. The third-order valence-electron chi connectivity index (χ3n) is 2.97. The second kappa shape index (κ2) is 8.60. The van der Waals surface area contributed by atoms with Gasteiger partial charge in [0.05, 0.1) is 0 Å². The number of aliphatic hydroxyl groups excluding tert-OH is 1. The van der Waals surface area contributed by atoms with E-state index in [2.05, 4.69) is 0 Å². The zero-order chi connectivity index (χ0) is 18.4. The molecule has 1 saturated heterocycles. The van der Waals surface area contributed by atoms with Crippen LogP contribution in [0.4, 0.5) is 0 Å². The first-order chi connectivity index (χ1) is 11.1. The van der Waals surface area contributed by atoms with Gasteiger partial charge in [0, 0.05) is 27.7 Å². The topological polar surface area (TPSA) is 135 Å². The summed E-state index contributed by atoms with van der Waals surface area (Å²) >= 11 is 0. The number of hydrogen-bond acceptors (Lipinski definition) is 10. The van der Waals surface area contributed by atoms with Crippen LogP contribution >= 0.6 is 0 Å². The van der Waals surface area contributed by atoms with Crippen LogP contribution in [0.15, 0.2) is 0 Å². The van der Waals surface area contributed by atoms with Gasteiger partial charge in [-0.2, -0.15) is 0 Å². The lowest BCUT2D eigenvalue weighted by Crippen LogP contribution is -2.62. The molecule has 0 saturated carbocycles. The number of aliphatic hydroxyl groups is 1. The van der Waals surface area contributed by atoms with Crippen molar-refractivity contribution in [2.24, 2.45) is 0 Å². The lowest BCUT2D eigenvalue weighted by Gasteiger charge is -2.42. The fraction of sp³-hybridized carbons (Fsp3) is 0.714. The molecule has 0 unspecified atom stereocenters. The van der Waals surface area contributed by atoms with Crippen molar-refractivity contribution >= 4 is 23.9 Å². The highest BCUT2D eigenvalue weighted by Gasteiger charge is 2.51. The molecule has 1 fully saturated rings. The maximum Gasteiger partial charge on any atom is 0.303 e. The van der Waals surface area contributed by atoms with Crippen LogP contribution in [-0.4, -0.2) is 66.3 Å². The SMILES string of the molecule is CC(=O)OC[C@H]1O[C@@H](O)[C@@H](OC(C)=O)[C@H](OC(C)=O)[C@@H]1OC(C)=O. The standard InChI is InChI=1S/C14H20O10/c1-6(15)20-5-10-11(21-7(2)16)12(22-8(3)17)13(14(19)24-10)23-9(4)18/h10-14,19H,5H2,1-4H3/t10-,11-,12-,13+,14-/m1/s1. The Morgan fingerprint density at radius 2 is 1.25 bits per heavy atom. The Kier molecular flexibility index (Phi) is 7.11. The lowest BCUT2D eigenvalue weighted by atomic mass is 9.98. The number of carbonyl (C=O) groups is 4. The van der Waals surface area contributed by atoms with E-state index in [-0.39, 0.29) is 6.61 Å². The van der Waals surface area contributed by atoms with E-state index in [9.17, 15) is 24.3 Å². The summed E-state index contributed by atoms with van der Waals surface area (Å²) in [5, 5.41) is 10.0. The third-order valence-corrected chi connectivity index (χ3v) is 2.97. The predicted octanol–water partition coefficient (Wildman–Crippen LogP) is -0.938. The Hall–Kier alpha value is -2.20. The summed E-state index contributed by atoms with van der Waals surface area (Å²) in [4.78, 5) is 44.9. The van der Waals surface area contributed by atoms with E-state index in [1.165, 1.54) is 0 Å². The molecule has 0 aromatic carbocycles. The van der Waals surface area contributed by atoms with Gasteiger partial charge >= 0.3 is 23.9 Å². The second-order valence-electron chi connectivity index (χ2n) is 5.09. The van der Waals surface area contributed by atoms with Gasteiger partial charge in [0.25, 0.3) is 0 Å². The highest BCUT2D eigenvalue weighted by atomic mass is 16.7. The van der Waals surface area contributed by atoms with Crippen LogP contribution in [0.1, 0.15) is 27.7 Å². The van der Waals surface area contributed by atoms with Gasteiger partial charge in [-0.05, 0) is 0 Å². The van der Waals surface area contributed by atoms with Gasteiger partial charge in [0.15, 0.2) is 24.6 Å². The molecule has 0 amide bonds. The van der Waals surface area contributed by atoms with Crippen molar-refractivity contribution in [1.82, 2.24) is 0 Å². The minimum atomic E-state index is -1.68. The quantitative estimate of drug-likeness (QED) is 0.490. The Morgan fingerprint density at radius 3 is 1.71 bits per heavy atom. The van der Waals surface area contributed by atoms with E-state index in [1.54, 1.807) is 0 Å². The molecular formula is C14H20O10. The van der Waals surface area contributed by atoms with E-state index in [4.69, 9.17) is 23.7 Å². The van der Waals surface area contributed by atoms with Crippen molar-refractivity contribution in [3.05, 3.63) is 0 Å². The lowest BCUT2D eigenvalue weighted by molar-refractivity contribution is -0.296. The summed E-state index contributed by atoms with van der Waals surface area (Å²) in [5.74, 6) is -2.87. The highest BCUT2D eigenvalue weighted by Crippen LogP contribution is 2.28. The molecule has 0 aromatic rings. The Labute approximate surface area is 137 Å². The Morgan fingerprint density at radius 1 is 0.792 bits per heavy atom. The maximum absolute atomic E-state index is 11.3. The highest BCUT2D eigenvalue weighted by molar-refractivity contribution is 5.68. The molecule has 1 N–H and O–H groups in total. The normalized spacial score (nSPS) is 29.3. The smallest absolute Gasteiger partial charge is 0.303 e. The first-order valence-electron chi connectivity index (χ1n) is 7.10. The summed E-state index contributed by atoms with van der Waals surface area (Å²) in [5.41, 5.74) is 0. The van der Waals surface area contributed by atoms with Gasteiger partial charge in [-0.3, -0.25) is 19.2 Å². The number of ether oxygens (including phenoxy) is 5. The van der Waals surface area contributed by atoms with Gasteiger partial charge < -0.3 is 28.8 Å². The number of esters is 4. The van der Waals surface area contributed by atoms with Gasteiger partial charge in [-0.15, -0.1) is 0 Å². The molecule has 1 rings (SSSR count). The summed E-state index contributed by atoms with van der Waals surface area (Å²) in [7, 11) is 0. The van der Waals surface area contributed by atoms with Crippen LogP contribution in [0.25, 0.3) is 0 Å². The van der Waals surface area contributed by atoms with Crippen molar-refractivity contribution in [3.63, 3.8) is 0 Å². The first-order valence-corrected chi connectivity index (χ1v) is 7.10. The van der Waals surface area contributed by atoms with Crippen LogP contribution < -0.4 is 0 Å². The first kappa shape index (κ1) is 19.8. The molecule has 0 bridgehead atoms. The summed E-state index contributed by atoms with van der Waals surface area (Å²) in [6.45, 7) is 4.09. The Balaban J connectivity index is 3.11. The van der Waals surface area contributed by atoms with Crippen molar-refractivity contribution < 1.29 is 48.0 Å². The molecule has 136 valence electrons. The molecule has 1 aliphatic heterocycles. The number of carbonyl (C=O) groups excluding carboxylic acids is 4. The van der Waals surface area contributed by atoms with Crippen molar-refractivity contribution in [2.75, 3.05) is 6.61 Å². The van der Waals surface area contributed by atoms with E-state index < -0.39 is 54.6 Å². The molecular weight excluding hydrogens is 328 g/mol. The molecule has 24 heavy (non-hydrogen) atoms. The van der Waals surface area contributed by atoms with Gasteiger partial charge in [0.2, 0.25) is 0 Å². The van der Waals surface area contributed by atoms with E-state index in [1.807, 2.05) is 0 Å². The van der Waals surface area contributed by atoms with E-state index in [0.29, 0.717) is 0 Å². The van der Waals surface area contributed by atoms with Crippen molar-refractivity contribution in [1.29, 1.82) is 0 Å². The minimum absolute atomic E-state index is 0.366. The minimum Gasteiger partial charge on any atom is -0.463 e. The fourth-order valence-corrected chi connectivity index (χ4v) is 2.21. The van der Waals surface area contributed by atoms with E-state index in [0.717, 1.165) is 27.7 Å². The Bertz CT molecular complexity index is 502. The number of rotatable bonds is 5. The third kappa shape index (κ3) is 5.78. The van der Waals surface area contributed by atoms with E-state index >= 15 is 0 Å². The van der Waals surface area contributed by atoms with Crippen molar-refractivity contribution in [3.8, 4) is 0 Å². The molecule has 1 heterocycles. The zero-order valence-electron chi connectivity index (χ0n) is 13.7. The summed E-state index contributed by atoms with van der Waals surface area (Å²) in [6.07, 6.45) is -6.79. The largest absolute Gasteiger partial charge is 0.463 e. The van der Waals surface area contributed by atoms with Crippen LogP contribution in [0.2, 0.25) is 0 Å². The predicted molar refractivity (Wildman–Crippen MR) is 74.2 cm³/mol. The maximum atomic E-state index is 11.3. The molecule has 5 atom stereocenters. The molecule has 1 aliphatic rings. The van der Waals surface area contributed by atoms with Gasteiger partial charge in [-0.25, -0.2) is 0 Å². The average molecular weight is 348 g/mol. The molecule has 0 aliphatic carbocycles. The number of hydrogen-bond donors (Lipinski definition) is 1. The molecule has 0 aromatic heterocycles. The van der Waals surface area contributed by atoms with Crippen molar-refractivity contribution in [2.45, 2.75) is 58.4 Å². The molecule has 0 spiro atoms. The zero-order valence-corrected chi connectivity index (χ0v) is 13.7. The van der Waals surface area contributed by atoms with Crippen LogP contribution in [0.3, 0.4) is 0 Å². The average Bonchev–Trinajstić information content (AvgIpc) is 2.42. The molecule has 0 radical (unpaired) electrons. The van der Waals surface area contributed by atoms with Gasteiger partial charge in [-0.1, -0.05) is 0 Å². The van der Waals surface area contributed by atoms with Crippen LogP contribution in [-0.2, 0) is 42.9 Å². The van der Waals surface area contributed by atoms with Crippen LogP contribution in [0.5, 0.6) is 0 Å². The van der Waals surface area contributed by atoms with Gasteiger partial charge in [0.1, 0.15) is 12.7 Å². The molecule has 10 nitrogen and oxygen atoms in total. The van der Waals surface area contributed by atoms with Crippen LogP contribution in [0, 0.1) is 0 Å². The summed E-state index contributed by atoms with van der Waals surface area (Å²) in [6, 6.07) is 0. The monoisotopic (exact) mass is 348 g/mol. The second-order valence-corrected chi connectivity index (χ2v) is 5.09.